The number of nitrogens with one attached hydrogen (secondary N) is 1. The third-order valence-corrected chi connectivity index (χ3v) is 4.06. The summed E-state index contributed by atoms with van der Waals surface area (Å²) >= 11 is 0. The van der Waals surface area contributed by atoms with Crippen LogP contribution in [0.2, 0.25) is 0 Å². The molecule has 5 heteroatoms. The zero-order valence-electron chi connectivity index (χ0n) is 11.0. The molecule has 2 heterocycles. The second kappa shape index (κ2) is 4.81. The average molecular weight is 262 g/mol. The second-order valence-electron chi connectivity index (χ2n) is 5.30. The van der Waals surface area contributed by atoms with E-state index in [1.807, 2.05) is 19.2 Å². The number of nitrogens with zero attached hydrogens (tertiary/aromatic N) is 1. The van der Waals surface area contributed by atoms with E-state index in [-0.39, 0.29) is 30.2 Å². The van der Waals surface area contributed by atoms with Crippen molar-refractivity contribution < 1.29 is 14.0 Å². The van der Waals surface area contributed by atoms with E-state index in [1.54, 1.807) is 0 Å². The molecule has 5 nitrogen and oxygen atoms in total. The molecule has 102 valence electrons. The minimum Gasteiger partial charge on any atom is -0.463 e. The monoisotopic (exact) mass is 262 g/mol. The number of imide groups is 1. The van der Waals surface area contributed by atoms with E-state index in [1.165, 1.54) is 4.90 Å². The summed E-state index contributed by atoms with van der Waals surface area (Å²) in [5.74, 6) is 1.32. The van der Waals surface area contributed by atoms with Crippen LogP contribution in [0.25, 0.3) is 0 Å². The highest BCUT2D eigenvalue weighted by Crippen LogP contribution is 2.40. The van der Waals surface area contributed by atoms with Crippen LogP contribution in [0.4, 0.5) is 0 Å². The van der Waals surface area contributed by atoms with Gasteiger partial charge in [0.05, 0.1) is 24.9 Å². The van der Waals surface area contributed by atoms with E-state index in [4.69, 9.17) is 4.42 Å². The Balaban J connectivity index is 1.72. The molecule has 1 aliphatic heterocycles. The fraction of sp³-hybridized carbons (Fsp3) is 0.571. The topological polar surface area (TPSA) is 62.6 Å². The first-order valence-electron chi connectivity index (χ1n) is 6.78. The maximum atomic E-state index is 12.2. The molecule has 1 saturated carbocycles. The van der Waals surface area contributed by atoms with Crippen molar-refractivity contribution in [2.75, 3.05) is 7.05 Å². The Morgan fingerprint density at radius 3 is 2.47 bits per heavy atom. The number of hydrogen-bond acceptors (Lipinski definition) is 4. The van der Waals surface area contributed by atoms with Crippen molar-refractivity contribution in [3.8, 4) is 0 Å². The highest BCUT2D eigenvalue weighted by molar-refractivity contribution is 6.05. The van der Waals surface area contributed by atoms with Gasteiger partial charge in [-0.05, 0) is 32.0 Å². The highest BCUT2D eigenvalue weighted by Gasteiger charge is 2.49. The second-order valence-corrected chi connectivity index (χ2v) is 5.30. The average Bonchev–Trinajstić information content (AvgIpc) is 3.07. The van der Waals surface area contributed by atoms with E-state index in [0.717, 1.165) is 25.0 Å². The van der Waals surface area contributed by atoms with Crippen LogP contribution < -0.4 is 5.32 Å². The van der Waals surface area contributed by atoms with E-state index < -0.39 is 0 Å². The first kappa shape index (κ1) is 12.4. The maximum absolute atomic E-state index is 12.2. The molecule has 0 bridgehead atoms. The number of fused-ring (bicyclic) bond motifs is 1. The molecule has 2 amide bonds. The van der Waals surface area contributed by atoms with E-state index in [9.17, 15) is 9.59 Å². The van der Waals surface area contributed by atoms with Gasteiger partial charge in [0, 0.05) is 0 Å². The minimum absolute atomic E-state index is 0.0148. The van der Waals surface area contributed by atoms with Gasteiger partial charge in [0.15, 0.2) is 0 Å². The number of likely N-dealkylation sites (tertiary alicyclic amines) is 1. The molecule has 1 aliphatic carbocycles. The molecule has 19 heavy (non-hydrogen) atoms. The van der Waals surface area contributed by atoms with Crippen LogP contribution in [-0.4, -0.2) is 23.8 Å². The summed E-state index contributed by atoms with van der Waals surface area (Å²) < 4.78 is 5.60. The molecule has 1 aromatic rings. The molecular weight excluding hydrogens is 244 g/mol. The molecule has 0 aromatic carbocycles. The molecule has 1 N–H and O–H groups in total. The van der Waals surface area contributed by atoms with E-state index in [0.29, 0.717) is 12.3 Å². The zero-order valence-corrected chi connectivity index (χ0v) is 11.0. The van der Waals surface area contributed by atoms with Crippen LogP contribution >= 0.6 is 0 Å². The van der Waals surface area contributed by atoms with Crippen molar-refractivity contribution in [1.82, 2.24) is 10.2 Å². The lowest BCUT2D eigenvalue weighted by atomic mass is 10.00. The van der Waals surface area contributed by atoms with Gasteiger partial charge in [-0.1, -0.05) is 6.42 Å². The lowest BCUT2D eigenvalue weighted by Crippen LogP contribution is -2.31. The summed E-state index contributed by atoms with van der Waals surface area (Å²) in [5, 5.41) is 3.00. The lowest BCUT2D eigenvalue weighted by molar-refractivity contribution is -0.141. The Hall–Kier alpha value is -1.62. The maximum Gasteiger partial charge on any atom is 0.233 e. The Labute approximate surface area is 111 Å². The van der Waals surface area contributed by atoms with Crippen molar-refractivity contribution in [2.45, 2.75) is 32.4 Å². The Kier molecular flexibility index (Phi) is 3.14. The predicted molar refractivity (Wildman–Crippen MR) is 67.9 cm³/mol. The Morgan fingerprint density at radius 1 is 1.21 bits per heavy atom. The molecule has 1 aromatic heterocycles. The van der Waals surface area contributed by atoms with Crippen LogP contribution in [0.15, 0.2) is 16.5 Å². The summed E-state index contributed by atoms with van der Waals surface area (Å²) in [7, 11) is 1.84. The van der Waals surface area contributed by atoms with E-state index >= 15 is 0 Å². The van der Waals surface area contributed by atoms with E-state index in [2.05, 4.69) is 5.32 Å². The highest BCUT2D eigenvalue weighted by atomic mass is 16.3. The number of carbonyl (C=O) groups excluding carboxylic acids is 2. The molecule has 1 saturated heterocycles. The minimum atomic E-state index is -0.0701. The molecule has 2 unspecified atom stereocenters. The number of carbonyl (C=O) groups is 2. The van der Waals surface area contributed by atoms with Crippen LogP contribution in [0, 0.1) is 11.8 Å². The molecular formula is C14H18N2O3. The summed E-state index contributed by atoms with van der Waals surface area (Å²) in [4.78, 5) is 25.7. The molecule has 2 aliphatic rings. The smallest absolute Gasteiger partial charge is 0.233 e. The van der Waals surface area contributed by atoms with Crippen molar-refractivity contribution >= 4 is 11.8 Å². The Bertz CT molecular complexity index is 487. The van der Waals surface area contributed by atoms with Gasteiger partial charge in [0.1, 0.15) is 11.5 Å². The van der Waals surface area contributed by atoms with Crippen LogP contribution in [0.3, 0.4) is 0 Å². The number of furan rings is 1. The summed E-state index contributed by atoms with van der Waals surface area (Å²) in [6.45, 7) is 0.918. The Morgan fingerprint density at radius 2 is 1.84 bits per heavy atom. The summed E-state index contributed by atoms with van der Waals surface area (Å²) in [6.07, 6.45) is 2.71. The SMILES string of the molecule is CNCc1ccc(CN2C(=O)C3CCCC3C2=O)o1. The van der Waals surface area contributed by atoms with Gasteiger partial charge in [-0.3, -0.25) is 14.5 Å². The quantitative estimate of drug-likeness (QED) is 0.830. The van der Waals surface area contributed by atoms with Gasteiger partial charge >= 0.3 is 0 Å². The summed E-state index contributed by atoms with van der Waals surface area (Å²) in [6, 6.07) is 3.71. The van der Waals surface area contributed by atoms with Crippen molar-refractivity contribution in [3.05, 3.63) is 23.7 Å². The van der Waals surface area contributed by atoms with Gasteiger partial charge in [-0.2, -0.15) is 0 Å². The van der Waals surface area contributed by atoms with Gasteiger partial charge in [0.2, 0.25) is 11.8 Å². The number of rotatable bonds is 4. The third-order valence-electron chi connectivity index (χ3n) is 4.06. The van der Waals surface area contributed by atoms with Gasteiger partial charge in [-0.25, -0.2) is 0 Å². The van der Waals surface area contributed by atoms with Crippen molar-refractivity contribution in [2.24, 2.45) is 11.8 Å². The van der Waals surface area contributed by atoms with Gasteiger partial charge in [0.25, 0.3) is 0 Å². The number of hydrogen-bond donors (Lipinski definition) is 1. The first-order chi connectivity index (χ1) is 9.20. The molecule has 0 radical (unpaired) electrons. The number of amides is 2. The van der Waals surface area contributed by atoms with Crippen LogP contribution in [0.1, 0.15) is 30.8 Å². The van der Waals surface area contributed by atoms with Crippen molar-refractivity contribution in [1.29, 1.82) is 0 Å². The molecule has 2 atom stereocenters. The predicted octanol–water partition coefficient (Wildman–Crippen LogP) is 1.28. The van der Waals surface area contributed by atoms with Gasteiger partial charge < -0.3 is 9.73 Å². The van der Waals surface area contributed by atoms with Gasteiger partial charge in [-0.15, -0.1) is 0 Å². The third kappa shape index (κ3) is 2.08. The van der Waals surface area contributed by atoms with Crippen molar-refractivity contribution in [3.63, 3.8) is 0 Å². The fourth-order valence-corrected chi connectivity index (χ4v) is 3.15. The van der Waals surface area contributed by atoms with Crippen LogP contribution in [0.5, 0.6) is 0 Å². The fourth-order valence-electron chi connectivity index (χ4n) is 3.15. The molecule has 0 spiro atoms. The zero-order chi connectivity index (χ0) is 13.4. The lowest BCUT2D eigenvalue weighted by Gasteiger charge is -2.13. The normalized spacial score (nSPS) is 26.3. The van der Waals surface area contributed by atoms with Crippen LogP contribution in [-0.2, 0) is 22.7 Å². The summed E-state index contributed by atoms with van der Waals surface area (Å²) in [5.41, 5.74) is 0. The largest absolute Gasteiger partial charge is 0.463 e. The first-order valence-corrected chi connectivity index (χ1v) is 6.78. The molecule has 3 rings (SSSR count). The standard InChI is InChI=1S/C14H18N2O3/c1-15-7-9-5-6-10(19-9)8-16-13(17)11-3-2-4-12(11)14(16)18/h5-6,11-12,15H,2-4,7-8H2,1H3. The molecule has 2 fully saturated rings.